The van der Waals surface area contributed by atoms with Crippen LogP contribution in [0.1, 0.15) is 10.4 Å². The molecule has 0 atom stereocenters. The third-order valence-corrected chi connectivity index (χ3v) is 2.54. The first-order valence-electron chi connectivity index (χ1n) is 6.03. The van der Waals surface area contributed by atoms with Gasteiger partial charge in [-0.1, -0.05) is 48.5 Å². The van der Waals surface area contributed by atoms with E-state index >= 15 is 0 Å². The van der Waals surface area contributed by atoms with Crippen LogP contribution in [-0.2, 0) is 0 Å². The van der Waals surface area contributed by atoms with Crippen molar-refractivity contribution in [2.75, 3.05) is 5.43 Å². The highest BCUT2D eigenvalue weighted by molar-refractivity contribution is 6.64. The van der Waals surface area contributed by atoms with Crippen LogP contribution in [0.2, 0.25) is 0 Å². The minimum Gasteiger partial charge on any atom is -0.323 e. The van der Waals surface area contributed by atoms with Gasteiger partial charge in [-0.3, -0.25) is 10.2 Å². The summed E-state index contributed by atoms with van der Waals surface area (Å²) < 4.78 is 0. The Kier molecular flexibility index (Phi) is 4.61. The molecule has 0 aromatic heterocycles. The van der Waals surface area contributed by atoms with Crippen molar-refractivity contribution in [1.29, 1.82) is 0 Å². The summed E-state index contributed by atoms with van der Waals surface area (Å²) in [6, 6.07) is 18.2. The van der Waals surface area contributed by atoms with E-state index in [1.165, 1.54) is 6.21 Å². The lowest BCUT2D eigenvalue weighted by Gasteiger charge is -2.03. The minimum absolute atomic E-state index is 0.141. The molecule has 0 amide bonds. The third kappa shape index (κ3) is 3.52. The maximum atomic E-state index is 12.2. The summed E-state index contributed by atoms with van der Waals surface area (Å²) >= 11 is 0. The van der Waals surface area contributed by atoms with E-state index in [2.05, 4.69) is 15.6 Å². The standard InChI is InChI=1S/C15H14N4O/c16-17-11-14(15(20)12-7-3-1-4-8-12)19-18-13-9-5-2-6-10-13/h1-11,18H,16H2/b17-11+,19-14+. The van der Waals surface area contributed by atoms with Gasteiger partial charge >= 0.3 is 0 Å². The van der Waals surface area contributed by atoms with E-state index in [0.29, 0.717) is 5.56 Å². The number of rotatable bonds is 5. The molecule has 2 aromatic rings. The average molecular weight is 266 g/mol. The largest absolute Gasteiger partial charge is 0.323 e. The summed E-state index contributed by atoms with van der Waals surface area (Å²) in [5.41, 5.74) is 4.24. The molecule has 0 unspecified atom stereocenters. The zero-order valence-electron chi connectivity index (χ0n) is 10.7. The van der Waals surface area contributed by atoms with E-state index in [1.807, 2.05) is 36.4 Å². The Morgan fingerprint density at radius 1 is 1.00 bits per heavy atom. The first-order valence-corrected chi connectivity index (χ1v) is 6.03. The van der Waals surface area contributed by atoms with Crippen molar-refractivity contribution in [2.45, 2.75) is 0 Å². The molecule has 0 bridgehead atoms. The molecule has 0 saturated carbocycles. The highest BCUT2D eigenvalue weighted by Crippen LogP contribution is 2.06. The van der Waals surface area contributed by atoms with Crippen molar-refractivity contribution in [3.8, 4) is 0 Å². The lowest BCUT2D eigenvalue weighted by molar-refractivity contribution is 0.106. The van der Waals surface area contributed by atoms with Crippen molar-refractivity contribution >= 4 is 23.4 Å². The molecule has 5 nitrogen and oxygen atoms in total. The summed E-state index contributed by atoms with van der Waals surface area (Å²) in [5, 5.41) is 7.43. The summed E-state index contributed by atoms with van der Waals surface area (Å²) in [6.45, 7) is 0. The summed E-state index contributed by atoms with van der Waals surface area (Å²) in [6.07, 6.45) is 1.23. The van der Waals surface area contributed by atoms with Gasteiger partial charge in [-0.15, -0.1) is 0 Å². The zero-order chi connectivity index (χ0) is 14.2. The first-order chi connectivity index (χ1) is 9.81. The van der Waals surface area contributed by atoms with Crippen LogP contribution >= 0.6 is 0 Å². The van der Waals surface area contributed by atoms with Crippen molar-refractivity contribution < 1.29 is 4.79 Å². The molecule has 0 heterocycles. The average Bonchev–Trinajstić information content (AvgIpc) is 2.52. The van der Waals surface area contributed by atoms with Gasteiger partial charge in [-0.2, -0.15) is 10.2 Å². The smallest absolute Gasteiger partial charge is 0.214 e. The predicted molar refractivity (Wildman–Crippen MR) is 81.0 cm³/mol. The Morgan fingerprint density at radius 3 is 2.20 bits per heavy atom. The van der Waals surface area contributed by atoms with Crippen LogP contribution in [0.4, 0.5) is 5.69 Å². The van der Waals surface area contributed by atoms with Gasteiger partial charge in [-0.25, -0.2) is 0 Å². The van der Waals surface area contributed by atoms with Gasteiger partial charge in [0.2, 0.25) is 5.78 Å². The number of ketones is 1. The van der Waals surface area contributed by atoms with Crippen LogP contribution in [-0.4, -0.2) is 17.7 Å². The van der Waals surface area contributed by atoms with Crippen LogP contribution < -0.4 is 11.3 Å². The van der Waals surface area contributed by atoms with Crippen LogP contribution in [0.25, 0.3) is 0 Å². The van der Waals surface area contributed by atoms with Crippen LogP contribution in [0.5, 0.6) is 0 Å². The SMILES string of the molecule is N/N=C/C(=N\Nc1ccccc1)C(=O)c1ccccc1. The molecule has 2 rings (SSSR count). The van der Waals surface area contributed by atoms with Crippen LogP contribution in [0.3, 0.4) is 0 Å². The van der Waals surface area contributed by atoms with Gasteiger partial charge in [0.05, 0.1) is 11.9 Å². The molecule has 0 fully saturated rings. The first kappa shape index (κ1) is 13.5. The number of anilines is 1. The van der Waals surface area contributed by atoms with Crippen molar-refractivity contribution in [1.82, 2.24) is 0 Å². The van der Waals surface area contributed by atoms with Gasteiger partial charge in [0.25, 0.3) is 0 Å². The van der Waals surface area contributed by atoms with E-state index in [0.717, 1.165) is 5.69 Å². The number of para-hydroxylation sites is 1. The number of hydrogen-bond acceptors (Lipinski definition) is 5. The highest BCUT2D eigenvalue weighted by atomic mass is 16.1. The van der Waals surface area contributed by atoms with E-state index in [1.54, 1.807) is 24.3 Å². The fourth-order valence-electron chi connectivity index (χ4n) is 1.58. The van der Waals surface area contributed by atoms with Crippen molar-refractivity contribution in [3.63, 3.8) is 0 Å². The lowest BCUT2D eigenvalue weighted by atomic mass is 10.1. The Bertz CT molecular complexity index is 621. The second-order valence-electron chi connectivity index (χ2n) is 3.95. The third-order valence-electron chi connectivity index (χ3n) is 2.54. The summed E-state index contributed by atoms with van der Waals surface area (Å²) in [4.78, 5) is 12.2. The van der Waals surface area contributed by atoms with E-state index in [4.69, 9.17) is 5.84 Å². The Balaban J connectivity index is 2.21. The van der Waals surface area contributed by atoms with Gasteiger partial charge in [0, 0.05) is 5.56 Å². The molecule has 3 N–H and O–H groups in total. The molecule has 100 valence electrons. The molecule has 0 saturated heterocycles. The molecule has 0 aliphatic rings. The van der Waals surface area contributed by atoms with E-state index in [9.17, 15) is 4.79 Å². The zero-order valence-corrected chi connectivity index (χ0v) is 10.7. The predicted octanol–water partition coefficient (Wildman–Crippen LogP) is 2.28. The van der Waals surface area contributed by atoms with E-state index in [-0.39, 0.29) is 11.5 Å². The topological polar surface area (TPSA) is 79.8 Å². The summed E-state index contributed by atoms with van der Waals surface area (Å²) in [5.74, 6) is 4.88. The van der Waals surface area contributed by atoms with Gasteiger partial charge in [0.1, 0.15) is 0 Å². The van der Waals surface area contributed by atoms with E-state index < -0.39 is 0 Å². The number of benzene rings is 2. The fourth-order valence-corrected chi connectivity index (χ4v) is 1.58. The number of nitrogens with zero attached hydrogens (tertiary/aromatic N) is 2. The molecular weight excluding hydrogens is 252 g/mol. The Morgan fingerprint density at radius 2 is 1.60 bits per heavy atom. The molecule has 20 heavy (non-hydrogen) atoms. The molecule has 2 aromatic carbocycles. The molecule has 0 radical (unpaired) electrons. The molecular formula is C15H14N4O. The summed E-state index contributed by atoms with van der Waals surface area (Å²) in [7, 11) is 0. The fraction of sp³-hybridized carbons (Fsp3) is 0. The molecule has 0 aliphatic heterocycles. The quantitative estimate of drug-likeness (QED) is 0.377. The highest BCUT2D eigenvalue weighted by Gasteiger charge is 2.11. The van der Waals surface area contributed by atoms with Crippen molar-refractivity contribution in [2.24, 2.45) is 16.0 Å². The number of nitrogens with one attached hydrogen (secondary N) is 1. The molecule has 5 heteroatoms. The number of hydrogen-bond donors (Lipinski definition) is 2. The Hall–Kier alpha value is -2.95. The normalized spacial score (nSPS) is 11.5. The number of nitrogens with two attached hydrogens (primary N) is 1. The second kappa shape index (κ2) is 6.84. The van der Waals surface area contributed by atoms with Gasteiger partial charge in [-0.05, 0) is 12.1 Å². The number of carbonyl (C=O) groups is 1. The maximum Gasteiger partial charge on any atom is 0.214 e. The minimum atomic E-state index is -0.247. The van der Waals surface area contributed by atoms with Crippen molar-refractivity contribution in [3.05, 3.63) is 66.2 Å². The molecule has 0 aliphatic carbocycles. The second-order valence-corrected chi connectivity index (χ2v) is 3.95. The van der Waals surface area contributed by atoms with Gasteiger partial charge < -0.3 is 5.84 Å². The number of carbonyl (C=O) groups excluding carboxylic acids is 1. The maximum absolute atomic E-state index is 12.2. The number of hydrazone groups is 2. The van der Waals surface area contributed by atoms with Crippen LogP contribution in [0, 0.1) is 0 Å². The van der Waals surface area contributed by atoms with Crippen LogP contribution in [0.15, 0.2) is 70.9 Å². The number of Topliss-reactive ketones (excluding diaryl/α,β-unsaturated/α-hetero) is 1. The van der Waals surface area contributed by atoms with Gasteiger partial charge in [0.15, 0.2) is 5.71 Å². The lowest BCUT2D eigenvalue weighted by Crippen LogP contribution is -2.18. The Labute approximate surface area is 116 Å². The monoisotopic (exact) mass is 266 g/mol. The molecule has 0 spiro atoms.